The van der Waals surface area contributed by atoms with E-state index in [2.05, 4.69) is 5.32 Å². The first kappa shape index (κ1) is 19.5. The molecule has 1 N–H and O–H groups in total. The zero-order chi connectivity index (χ0) is 18.8. The summed E-state index contributed by atoms with van der Waals surface area (Å²) >= 11 is 1.64. The average molecular weight is 414 g/mol. The Balaban J connectivity index is 1.77. The monoisotopic (exact) mass is 413 g/mol. The van der Waals surface area contributed by atoms with Gasteiger partial charge in [-0.1, -0.05) is 25.1 Å². The summed E-state index contributed by atoms with van der Waals surface area (Å²) in [5.74, 6) is -0.449. The van der Waals surface area contributed by atoms with Crippen LogP contribution in [0.2, 0.25) is 0 Å². The highest BCUT2D eigenvalue weighted by molar-refractivity contribution is 7.96. The zero-order valence-electron chi connectivity index (χ0n) is 14.6. The van der Waals surface area contributed by atoms with Crippen molar-refractivity contribution in [1.82, 2.24) is 5.32 Å². The molecule has 8 heteroatoms. The molecule has 2 atom stereocenters. The molecule has 2 heterocycles. The molecule has 1 aliphatic rings. The van der Waals surface area contributed by atoms with Gasteiger partial charge in [0.15, 0.2) is 19.7 Å². The lowest BCUT2D eigenvalue weighted by Gasteiger charge is -2.20. The van der Waals surface area contributed by atoms with Gasteiger partial charge in [0.2, 0.25) is 0 Å². The molecular weight excluding hydrogens is 390 g/mol. The Morgan fingerprint density at radius 2 is 1.88 bits per heavy atom. The van der Waals surface area contributed by atoms with E-state index >= 15 is 0 Å². The number of hydrogen-bond acceptors (Lipinski definition) is 6. The van der Waals surface area contributed by atoms with Gasteiger partial charge in [-0.2, -0.15) is 0 Å². The molecule has 5 nitrogen and oxygen atoms in total. The van der Waals surface area contributed by atoms with E-state index < -0.39 is 31.0 Å². The third kappa shape index (κ3) is 4.36. The van der Waals surface area contributed by atoms with Crippen LogP contribution in [-0.2, 0) is 32.5 Å². The highest BCUT2D eigenvalue weighted by Crippen LogP contribution is 2.26. The number of hydrogen-bond donors (Lipinski definition) is 1. The fourth-order valence-electron chi connectivity index (χ4n) is 3.24. The number of rotatable bonds is 7. The van der Waals surface area contributed by atoms with Crippen molar-refractivity contribution >= 4 is 31.0 Å². The summed E-state index contributed by atoms with van der Waals surface area (Å²) in [5, 5.41) is 4.22. The maximum Gasteiger partial charge on any atom is 0.183 e. The Hall–Kier alpha value is -1.22. The summed E-state index contributed by atoms with van der Waals surface area (Å²) in [6, 6.07) is 10.2. The largest absolute Gasteiger partial charge is 0.311 e. The minimum Gasteiger partial charge on any atom is -0.311 e. The molecule has 0 saturated carbocycles. The Morgan fingerprint density at radius 1 is 1.15 bits per heavy atom. The third-order valence-electron chi connectivity index (χ3n) is 4.72. The molecule has 0 unspecified atom stereocenters. The molecule has 0 aliphatic carbocycles. The van der Waals surface area contributed by atoms with Gasteiger partial charge in [0.1, 0.15) is 0 Å². The van der Waals surface area contributed by atoms with Gasteiger partial charge in [-0.25, -0.2) is 16.8 Å². The number of nitrogens with one attached hydrogen (secondary N) is 1. The minimum absolute atomic E-state index is 0.131. The van der Waals surface area contributed by atoms with Gasteiger partial charge < -0.3 is 5.32 Å². The quantitative estimate of drug-likeness (QED) is 0.752. The van der Waals surface area contributed by atoms with Crippen LogP contribution in [0.5, 0.6) is 0 Å². The van der Waals surface area contributed by atoms with Crippen LogP contribution in [0.3, 0.4) is 0 Å². The second-order valence-electron chi connectivity index (χ2n) is 6.55. The number of sulfone groups is 2. The fourth-order valence-corrected chi connectivity index (χ4v) is 8.66. The number of aryl methyl sites for hydroxylation is 1. The highest BCUT2D eigenvalue weighted by atomic mass is 32.2. The normalized spacial score (nSPS) is 22.5. The van der Waals surface area contributed by atoms with Crippen molar-refractivity contribution < 1.29 is 16.8 Å². The van der Waals surface area contributed by atoms with E-state index in [9.17, 15) is 16.8 Å². The first-order chi connectivity index (χ1) is 12.3. The van der Waals surface area contributed by atoms with E-state index in [0.717, 1.165) is 18.4 Å². The first-order valence-corrected chi connectivity index (χ1v) is 12.9. The van der Waals surface area contributed by atoms with Crippen LogP contribution in [0, 0.1) is 0 Å². The van der Waals surface area contributed by atoms with Crippen molar-refractivity contribution in [1.29, 1.82) is 0 Å². The van der Waals surface area contributed by atoms with Crippen LogP contribution in [0.15, 0.2) is 46.7 Å². The van der Waals surface area contributed by atoms with Crippen LogP contribution < -0.4 is 5.32 Å². The molecule has 26 heavy (non-hydrogen) atoms. The molecule has 3 rings (SSSR count). The highest BCUT2D eigenvalue weighted by Gasteiger charge is 2.45. The van der Waals surface area contributed by atoms with Crippen LogP contribution >= 0.6 is 11.3 Å². The Labute approximate surface area is 159 Å². The van der Waals surface area contributed by atoms with E-state index in [4.69, 9.17) is 0 Å². The van der Waals surface area contributed by atoms with Crippen LogP contribution in [0.25, 0.3) is 0 Å². The van der Waals surface area contributed by atoms with Gasteiger partial charge in [0.25, 0.3) is 0 Å². The first-order valence-electron chi connectivity index (χ1n) is 8.61. The molecule has 0 amide bonds. The van der Waals surface area contributed by atoms with Crippen molar-refractivity contribution in [2.75, 3.05) is 18.1 Å². The molecule has 1 aromatic heterocycles. The van der Waals surface area contributed by atoms with Crippen LogP contribution in [-0.4, -0.2) is 46.2 Å². The van der Waals surface area contributed by atoms with Gasteiger partial charge in [0, 0.05) is 17.5 Å². The van der Waals surface area contributed by atoms with Gasteiger partial charge in [-0.05, 0) is 42.0 Å². The Bertz CT molecular complexity index is 933. The lowest BCUT2D eigenvalue weighted by molar-refractivity contribution is 0.529. The molecule has 0 radical (unpaired) electrons. The topological polar surface area (TPSA) is 80.3 Å². The van der Waals surface area contributed by atoms with Crippen molar-refractivity contribution in [3.63, 3.8) is 0 Å². The molecule has 1 fully saturated rings. The van der Waals surface area contributed by atoms with Crippen LogP contribution in [0.4, 0.5) is 0 Å². The van der Waals surface area contributed by atoms with Crippen molar-refractivity contribution in [2.45, 2.75) is 36.0 Å². The van der Waals surface area contributed by atoms with Crippen molar-refractivity contribution in [3.05, 3.63) is 52.2 Å². The maximum atomic E-state index is 13.0. The number of benzene rings is 1. The van der Waals surface area contributed by atoms with E-state index in [1.54, 1.807) is 35.6 Å². The molecule has 2 aromatic rings. The van der Waals surface area contributed by atoms with Crippen molar-refractivity contribution in [2.24, 2.45) is 0 Å². The molecule has 0 bridgehead atoms. The third-order valence-corrected chi connectivity index (χ3v) is 9.82. The minimum atomic E-state index is -3.71. The summed E-state index contributed by atoms with van der Waals surface area (Å²) in [6.07, 6.45) is 1.58. The van der Waals surface area contributed by atoms with E-state index in [-0.39, 0.29) is 16.4 Å². The Morgan fingerprint density at radius 3 is 2.50 bits per heavy atom. The molecule has 1 saturated heterocycles. The molecule has 142 valence electrons. The second-order valence-corrected chi connectivity index (χ2v) is 11.9. The smallest absolute Gasteiger partial charge is 0.183 e. The lowest BCUT2D eigenvalue weighted by atomic mass is 10.2. The summed E-state index contributed by atoms with van der Waals surface area (Å²) in [5.41, 5.74) is 1.05. The lowest BCUT2D eigenvalue weighted by Crippen LogP contribution is -2.44. The summed E-state index contributed by atoms with van der Waals surface area (Å²) in [7, 11) is -7.08. The van der Waals surface area contributed by atoms with Crippen molar-refractivity contribution in [3.8, 4) is 0 Å². The van der Waals surface area contributed by atoms with E-state index in [1.165, 1.54) is 4.88 Å². The van der Waals surface area contributed by atoms with Gasteiger partial charge >= 0.3 is 0 Å². The summed E-state index contributed by atoms with van der Waals surface area (Å²) in [4.78, 5) is 1.38. The summed E-state index contributed by atoms with van der Waals surface area (Å²) in [6.45, 7) is 2.56. The predicted molar refractivity (Wildman–Crippen MR) is 105 cm³/mol. The molecular formula is C18H23NO4S3. The van der Waals surface area contributed by atoms with Crippen LogP contribution in [0.1, 0.15) is 17.4 Å². The molecule has 1 aromatic carbocycles. The fraction of sp³-hybridized carbons (Fsp3) is 0.444. The predicted octanol–water partition coefficient (Wildman–Crippen LogP) is 2.08. The summed E-state index contributed by atoms with van der Waals surface area (Å²) < 4.78 is 50.3. The zero-order valence-corrected chi connectivity index (χ0v) is 17.0. The molecule has 0 spiro atoms. The SMILES string of the molecule is CCc1ccc(S(=O)(=O)[C@H]2CS(=O)(=O)C[C@@H]2NCCc2cccs2)cc1. The van der Waals surface area contributed by atoms with Gasteiger partial charge in [0.05, 0.1) is 21.7 Å². The van der Waals surface area contributed by atoms with Gasteiger partial charge in [-0.3, -0.25) is 0 Å². The van der Waals surface area contributed by atoms with E-state index in [1.807, 2.05) is 24.4 Å². The molecule has 1 aliphatic heterocycles. The number of thiophene rings is 1. The average Bonchev–Trinajstić information content (AvgIpc) is 3.22. The Kier molecular flexibility index (Phi) is 5.86. The standard InChI is InChI=1S/C18H23NO4S3/c1-2-14-5-7-16(8-6-14)26(22,23)18-13-25(20,21)12-17(18)19-10-9-15-4-3-11-24-15/h3-8,11,17-19H,2,9-10,12-13H2,1H3/t17-,18-/m0/s1. The van der Waals surface area contributed by atoms with E-state index in [0.29, 0.717) is 6.54 Å². The second kappa shape index (κ2) is 7.80. The maximum absolute atomic E-state index is 13.0. The van der Waals surface area contributed by atoms with Gasteiger partial charge in [-0.15, -0.1) is 11.3 Å².